The van der Waals surface area contributed by atoms with Gasteiger partial charge >= 0.3 is 0 Å². The van der Waals surface area contributed by atoms with E-state index in [1.54, 1.807) is 11.3 Å². The Morgan fingerprint density at radius 2 is 1.19 bits per heavy atom. The lowest BCUT2D eigenvalue weighted by molar-refractivity contribution is 0.104. The van der Waals surface area contributed by atoms with E-state index in [2.05, 4.69) is 40.2 Å². The van der Waals surface area contributed by atoms with E-state index < -0.39 is 0 Å². The van der Waals surface area contributed by atoms with Gasteiger partial charge in [0.2, 0.25) is 0 Å². The van der Waals surface area contributed by atoms with E-state index in [9.17, 15) is 4.79 Å². The number of thiophene rings is 1. The fraction of sp³-hybridized carbons (Fsp3) is 0. The van der Waals surface area contributed by atoms with Crippen molar-refractivity contribution in [1.82, 2.24) is 0 Å². The van der Waals surface area contributed by atoms with E-state index in [0.29, 0.717) is 0 Å². The Morgan fingerprint density at radius 3 is 1.81 bits per heavy atom. The van der Waals surface area contributed by atoms with Gasteiger partial charge < -0.3 is 0 Å². The summed E-state index contributed by atoms with van der Waals surface area (Å²) in [6.45, 7) is 0. The third kappa shape index (κ3) is 2.24. The Hall–Kier alpha value is -2.49. The van der Waals surface area contributed by atoms with Crippen LogP contribution >= 0.6 is 27.3 Å². The van der Waals surface area contributed by atoms with Crippen molar-refractivity contribution in [2.24, 2.45) is 0 Å². The summed E-state index contributed by atoms with van der Waals surface area (Å²) < 4.78 is 0.969. The highest BCUT2D eigenvalue weighted by molar-refractivity contribution is 9.10. The monoisotopic (exact) mass is 416 g/mol. The molecule has 0 saturated heterocycles. The summed E-state index contributed by atoms with van der Waals surface area (Å²) in [4.78, 5) is 15.5. The molecule has 4 aromatic rings. The number of fused-ring (bicyclic) bond motifs is 3. The van der Waals surface area contributed by atoms with Crippen molar-refractivity contribution in [3.8, 4) is 32.0 Å². The van der Waals surface area contributed by atoms with Gasteiger partial charge in [0.1, 0.15) is 0 Å². The molecule has 0 aliphatic heterocycles. The maximum atomic E-state index is 13.3. The molecule has 5 rings (SSSR count). The smallest absolute Gasteiger partial charge is 0.195 e. The number of hydrogen-bond acceptors (Lipinski definition) is 2. The van der Waals surface area contributed by atoms with Crippen LogP contribution in [0.2, 0.25) is 0 Å². The van der Waals surface area contributed by atoms with Crippen LogP contribution < -0.4 is 0 Å². The first-order chi connectivity index (χ1) is 12.8. The first-order valence-corrected chi connectivity index (χ1v) is 9.98. The van der Waals surface area contributed by atoms with Crippen molar-refractivity contribution >= 4 is 33.0 Å². The number of carbonyl (C=O) groups is 1. The molecule has 0 saturated carbocycles. The van der Waals surface area contributed by atoms with Crippen LogP contribution in [0.15, 0.2) is 83.3 Å². The quantitative estimate of drug-likeness (QED) is 0.301. The van der Waals surface area contributed by atoms with Crippen molar-refractivity contribution in [1.29, 1.82) is 0 Å². The molecule has 0 spiro atoms. The molecule has 1 heterocycles. The minimum absolute atomic E-state index is 0.119. The van der Waals surface area contributed by atoms with Gasteiger partial charge in [-0.05, 0) is 17.2 Å². The summed E-state index contributed by atoms with van der Waals surface area (Å²) in [6.07, 6.45) is 0. The third-order valence-electron chi connectivity index (χ3n) is 4.72. The fourth-order valence-electron chi connectivity index (χ4n) is 3.57. The van der Waals surface area contributed by atoms with Crippen molar-refractivity contribution in [3.63, 3.8) is 0 Å². The highest BCUT2D eigenvalue weighted by Gasteiger charge is 2.35. The van der Waals surface area contributed by atoms with E-state index >= 15 is 0 Å². The lowest BCUT2D eigenvalue weighted by Gasteiger charge is -2.06. The Morgan fingerprint density at radius 1 is 0.615 bits per heavy atom. The van der Waals surface area contributed by atoms with Crippen LogP contribution in [-0.2, 0) is 0 Å². The average Bonchev–Trinajstić information content (AvgIpc) is 3.21. The van der Waals surface area contributed by atoms with Crippen molar-refractivity contribution in [2.75, 3.05) is 0 Å². The Kier molecular flexibility index (Phi) is 3.66. The summed E-state index contributed by atoms with van der Waals surface area (Å²) in [5, 5.41) is 0. The standard InChI is InChI=1S/C23H13BrOS/c24-17-13-7-12-16-18(17)19-20(21(16)25)23(15-10-5-2-6-11-15)26-22(19)14-8-3-1-4-9-14/h1-13H. The zero-order valence-electron chi connectivity index (χ0n) is 13.7. The van der Waals surface area contributed by atoms with Crippen molar-refractivity contribution in [2.45, 2.75) is 0 Å². The molecule has 0 radical (unpaired) electrons. The number of ketones is 1. The van der Waals surface area contributed by atoms with Gasteiger partial charge in [-0.1, -0.05) is 88.7 Å². The average molecular weight is 417 g/mol. The number of hydrogen-bond donors (Lipinski definition) is 0. The molecule has 1 nitrogen and oxygen atoms in total. The zero-order valence-corrected chi connectivity index (χ0v) is 16.1. The topological polar surface area (TPSA) is 17.1 Å². The van der Waals surface area contributed by atoms with Gasteiger partial charge in [-0.15, -0.1) is 11.3 Å². The number of halogens is 1. The predicted octanol–water partition coefficient (Wildman–Crippen LogP) is 7.06. The second-order valence-electron chi connectivity index (χ2n) is 6.23. The minimum Gasteiger partial charge on any atom is -0.289 e. The molecular weight excluding hydrogens is 404 g/mol. The fourth-order valence-corrected chi connectivity index (χ4v) is 5.45. The molecule has 0 bridgehead atoms. The molecule has 0 atom stereocenters. The van der Waals surface area contributed by atoms with Gasteiger partial charge in [-0.25, -0.2) is 0 Å². The largest absolute Gasteiger partial charge is 0.289 e. The van der Waals surface area contributed by atoms with Crippen LogP contribution in [0.3, 0.4) is 0 Å². The van der Waals surface area contributed by atoms with E-state index in [1.807, 2.05) is 54.6 Å². The lowest BCUT2D eigenvalue weighted by atomic mass is 10.0. The van der Waals surface area contributed by atoms with E-state index in [-0.39, 0.29) is 5.78 Å². The van der Waals surface area contributed by atoms with E-state index in [0.717, 1.165) is 47.6 Å². The van der Waals surface area contributed by atoms with Gasteiger partial charge in [0.05, 0.1) is 0 Å². The molecule has 26 heavy (non-hydrogen) atoms. The number of carbonyl (C=O) groups excluding carboxylic acids is 1. The van der Waals surface area contributed by atoms with Gasteiger partial charge in [-0.2, -0.15) is 0 Å². The second-order valence-corrected chi connectivity index (χ2v) is 8.11. The molecule has 1 aromatic heterocycles. The maximum absolute atomic E-state index is 13.3. The maximum Gasteiger partial charge on any atom is 0.195 e. The lowest BCUT2D eigenvalue weighted by Crippen LogP contribution is -1.95. The van der Waals surface area contributed by atoms with Crippen LogP contribution in [0, 0.1) is 0 Å². The zero-order chi connectivity index (χ0) is 17.7. The molecule has 3 aromatic carbocycles. The summed E-state index contributed by atoms with van der Waals surface area (Å²) >= 11 is 5.37. The Bertz CT molecular complexity index is 1140. The van der Waals surface area contributed by atoms with Crippen molar-refractivity contribution in [3.05, 3.63) is 94.5 Å². The molecule has 3 heteroatoms. The highest BCUT2D eigenvalue weighted by Crippen LogP contribution is 2.54. The summed E-state index contributed by atoms with van der Waals surface area (Å²) in [5.74, 6) is 0.119. The molecule has 1 aliphatic rings. The minimum atomic E-state index is 0.119. The molecular formula is C23H13BrOS. The van der Waals surface area contributed by atoms with Crippen LogP contribution in [0.25, 0.3) is 32.0 Å². The summed E-state index contributed by atoms with van der Waals surface area (Å²) in [5.41, 5.74) is 5.94. The Balaban J connectivity index is 1.89. The van der Waals surface area contributed by atoms with Crippen LogP contribution in [0.1, 0.15) is 15.9 Å². The van der Waals surface area contributed by atoms with Gasteiger partial charge in [-0.3, -0.25) is 4.79 Å². The SMILES string of the molecule is O=C1c2cccc(Br)c2-c2c(-c3ccccc3)sc(-c3ccccc3)c21. The van der Waals surface area contributed by atoms with Crippen LogP contribution in [-0.4, -0.2) is 5.78 Å². The summed E-state index contributed by atoms with van der Waals surface area (Å²) in [7, 11) is 0. The number of rotatable bonds is 2. The molecule has 124 valence electrons. The van der Waals surface area contributed by atoms with Crippen LogP contribution in [0.4, 0.5) is 0 Å². The second kappa shape index (κ2) is 6.04. The van der Waals surface area contributed by atoms with Gasteiger partial charge in [0, 0.05) is 36.5 Å². The molecule has 0 amide bonds. The molecule has 0 N–H and O–H groups in total. The van der Waals surface area contributed by atoms with Crippen LogP contribution in [0.5, 0.6) is 0 Å². The van der Waals surface area contributed by atoms with E-state index in [1.165, 1.54) is 0 Å². The van der Waals surface area contributed by atoms with E-state index in [4.69, 9.17) is 0 Å². The molecule has 0 fully saturated rings. The number of benzene rings is 3. The van der Waals surface area contributed by atoms with Crippen molar-refractivity contribution < 1.29 is 4.79 Å². The Labute approximate surface area is 164 Å². The molecule has 0 unspecified atom stereocenters. The van der Waals surface area contributed by atoms with Gasteiger partial charge in [0.25, 0.3) is 0 Å². The predicted molar refractivity (Wildman–Crippen MR) is 112 cm³/mol. The summed E-state index contributed by atoms with van der Waals surface area (Å²) in [6, 6.07) is 26.4. The first kappa shape index (κ1) is 15.7. The molecule has 1 aliphatic carbocycles. The third-order valence-corrected chi connectivity index (χ3v) is 6.66. The first-order valence-electron chi connectivity index (χ1n) is 8.37. The van der Waals surface area contributed by atoms with Gasteiger partial charge in [0.15, 0.2) is 5.78 Å². The normalized spacial score (nSPS) is 12.1. The highest BCUT2D eigenvalue weighted by atomic mass is 79.9.